The van der Waals surface area contributed by atoms with Crippen molar-refractivity contribution in [2.75, 3.05) is 26.2 Å². The van der Waals surface area contributed by atoms with Crippen LogP contribution in [-0.2, 0) is 4.79 Å². The van der Waals surface area contributed by atoms with E-state index in [1.165, 1.54) is 11.6 Å². The minimum Gasteiger partial charge on any atom is -0.507 e. The van der Waals surface area contributed by atoms with Gasteiger partial charge in [0, 0.05) is 25.2 Å². The normalized spacial score (nSPS) is 19.2. The maximum absolute atomic E-state index is 12.6. The monoisotopic (exact) mass is 389 g/mol. The van der Waals surface area contributed by atoms with Gasteiger partial charge in [-0.3, -0.25) is 4.79 Å². The summed E-state index contributed by atoms with van der Waals surface area (Å²) in [4.78, 5) is 14.3. The molecule has 0 aromatic rings. The second kappa shape index (κ2) is 12.3. The van der Waals surface area contributed by atoms with E-state index in [1.54, 1.807) is 11.0 Å². The molecular weight excluding hydrogens is 354 g/mol. The van der Waals surface area contributed by atoms with Crippen LogP contribution in [0.15, 0.2) is 60.4 Å². The third-order valence-corrected chi connectivity index (χ3v) is 5.03. The number of carbonyl (C=O) groups is 1. The molecule has 2 rings (SSSR count). The lowest BCUT2D eigenvalue weighted by Gasteiger charge is -2.28. The quantitative estimate of drug-likeness (QED) is 0.244. The van der Waals surface area contributed by atoms with E-state index in [4.69, 9.17) is 0 Å². The lowest BCUT2D eigenvalue weighted by atomic mass is 10.0. The molecule has 156 valence electrons. The van der Waals surface area contributed by atoms with Gasteiger partial charge in [0.2, 0.25) is 0 Å². The van der Waals surface area contributed by atoms with Crippen LogP contribution in [0.1, 0.15) is 32.6 Å². The number of aliphatic hydroxyl groups is 1. The molecular formula is C22H35N3O3. The van der Waals surface area contributed by atoms with Crippen LogP contribution in [0.3, 0.4) is 0 Å². The Labute approximate surface area is 168 Å². The number of hydrogen-bond acceptors (Lipinski definition) is 4. The number of aliphatic hydroxyl groups excluding tert-OH is 1. The van der Waals surface area contributed by atoms with Crippen molar-refractivity contribution in [2.24, 2.45) is 0 Å². The Morgan fingerprint density at radius 2 is 2.18 bits per heavy atom. The number of nitrogens with zero attached hydrogens (tertiary/aromatic N) is 1. The summed E-state index contributed by atoms with van der Waals surface area (Å²) < 4.78 is 0. The number of amides is 1. The zero-order chi connectivity index (χ0) is 19.6. The predicted molar refractivity (Wildman–Crippen MR) is 115 cm³/mol. The van der Waals surface area contributed by atoms with Crippen molar-refractivity contribution in [1.29, 1.82) is 0 Å². The Kier molecular flexibility index (Phi) is 10.5. The summed E-state index contributed by atoms with van der Waals surface area (Å²) in [6, 6.07) is 0.733. The highest BCUT2D eigenvalue weighted by Gasteiger charge is 2.25. The maximum Gasteiger partial charge on any atom is 0.257 e. The molecule has 0 saturated carbocycles. The van der Waals surface area contributed by atoms with Crippen molar-refractivity contribution in [1.82, 2.24) is 15.5 Å². The van der Waals surface area contributed by atoms with Gasteiger partial charge in [-0.25, -0.2) is 0 Å². The van der Waals surface area contributed by atoms with E-state index in [0.717, 1.165) is 38.8 Å². The van der Waals surface area contributed by atoms with Crippen molar-refractivity contribution >= 4 is 5.91 Å². The summed E-state index contributed by atoms with van der Waals surface area (Å²) in [6.45, 7) is 13.0. The van der Waals surface area contributed by atoms with Crippen LogP contribution in [0.4, 0.5) is 0 Å². The Hall–Kier alpha value is -2.15. The van der Waals surface area contributed by atoms with Crippen molar-refractivity contribution < 1.29 is 15.4 Å². The van der Waals surface area contributed by atoms with Crippen LogP contribution < -0.4 is 10.6 Å². The lowest BCUT2D eigenvalue weighted by Crippen LogP contribution is -2.44. The van der Waals surface area contributed by atoms with Crippen LogP contribution in [0.5, 0.6) is 0 Å². The summed E-state index contributed by atoms with van der Waals surface area (Å²) in [7, 11) is 0. The zero-order valence-corrected chi connectivity index (χ0v) is 16.9. The van der Waals surface area contributed by atoms with E-state index in [1.807, 2.05) is 19.1 Å². The molecule has 1 unspecified atom stereocenters. The van der Waals surface area contributed by atoms with Gasteiger partial charge in [0.15, 0.2) is 0 Å². The van der Waals surface area contributed by atoms with Crippen LogP contribution in [0.2, 0.25) is 0 Å². The van der Waals surface area contributed by atoms with E-state index in [9.17, 15) is 9.90 Å². The van der Waals surface area contributed by atoms with Crippen LogP contribution in [-0.4, -0.2) is 59.7 Å². The van der Waals surface area contributed by atoms with Crippen LogP contribution >= 0.6 is 0 Å². The van der Waals surface area contributed by atoms with Crippen molar-refractivity contribution in [3.63, 3.8) is 0 Å². The third kappa shape index (κ3) is 7.11. The molecule has 5 N–H and O–H groups in total. The van der Waals surface area contributed by atoms with E-state index in [0.29, 0.717) is 19.1 Å². The predicted octanol–water partition coefficient (Wildman–Crippen LogP) is 2.18. The fraction of sp³-hybridized carbons (Fsp3) is 0.500. The van der Waals surface area contributed by atoms with Gasteiger partial charge in [0.25, 0.3) is 5.91 Å². The van der Waals surface area contributed by atoms with Crippen molar-refractivity contribution in [3.8, 4) is 0 Å². The zero-order valence-electron chi connectivity index (χ0n) is 16.9. The number of piperidine rings is 1. The smallest absolute Gasteiger partial charge is 0.257 e. The van der Waals surface area contributed by atoms with Gasteiger partial charge in [0.1, 0.15) is 5.76 Å². The molecule has 6 heteroatoms. The average Bonchev–Trinajstić information content (AvgIpc) is 3.15. The fourth-order valence-electron chi connectivity index (χ4n) is 3.40. The van der Waals surface area contributed by atoms with Gasteiger partial charge in [-0.05, 0) is 44.8 Å². The Balaban J connectivity index is 0.00000392. The van der Waals surface area contributed by atoms with E-state index < -0.39 is 0 Å². The topological polar surface area (TPSA) is 96.1 Å². The van der Waals surface area contributed by atoms with Crippen molar-refractivity contribution in [3.05, 3.63) is 60.4 Å². The lowest BCUT2D eigenvalue weighted by molar-refractivity contribution is -0.125. The van der Waals surface area contributed by atoms with Gasteiger partial charge in [-0.2, -0.15) is 0 Å². The standard InChI is InChI=1S/C22H33N3O2.H2O/c1-4-6-7-8-21(26)17(3)22(27)25-14-11-18(16-25)15-19(5-2)24-20-9-12-23-13-10-20;/h5-8,11,19-20,23-24,26H,2-4,9-10,12-16H2,1H3;1H2/b7-6+,21-8+;. The fourth-order valence-corrected chi connectivity index (χ4v) is 3.40. The van der Waals surface area contributed by atoms with Gasteiger partial charge >= 0.3 is 0 Å². The number of hydrogen-bond donors (Lipinski definition) is 3. The first-order chi connectivity index (χ1) is 13.0. The molecule has 2 aliphatic heterocycles. The maximum atomic E-state index is 12.6. The Bertz CT molecular complexity index is 631. The molecule has 1 saturated heterocycles. The SMILES string of the molecule is C=CC(CC1=CCN(C(=O)C(=C)/C(O)=C\C=C\CC)C1)NC1CCNCC1.O. The molecule has 0 aromatic carbocycles. The number of nitrogens with one attached hydrogen (secondary N) is 2. The first-order valence-corrected chi connectivity index (χ1v) is 9.86. The first kappa shape index (κ1) is 23.9. The number of rotatable bonds is 9. The molecule has 0 spiro atoms. The molecule has 0 radical (unpaired) electrons. The van der Waals surface area contributed by atoms with E-state index in [2.05, 4.69) is 29.9 Å². The highest BCUT2D eigenvalue weighted by atomic mass is 16.3. The minimum absolute atomic E-state index is 0. The number of allylic oxidation sites excluding steroid dienone is 3. The van der Waals surface area contributed by atoms with Gasteiger partial charge in [-0.1, -0.05) is 43.4 Å². The molecule has 1 atom stereocenters. The molecule has 0 bridgehead atoms. The van der Waals surface area contributed by atoms with Gasteiger partial charge in [0.05, 0.1) is 5.57 Å². The van der Waals surface area contributed by atoms with Crippen molar-refractivity contribution in [2.45, 2.75) is 44.7 Å². The minimum atomic E-state index is -0.221. The summed E-state index contributed by atoms with van der Waals surface area (Å²) in [5.74, 6) is -0.295. The highest BCUT2D eigenvalue weighted by molar-refractivity contribution is 5.97. The molecule has 2 aliphatic rings. The molecule has 2 heterocycles. The summed E-state index contributed by atoms with van der Waals surface area (Å²) in [5.41, 5.74) is 1.36. The first-order valence-electron chi connectivity index (χ1n) is 9.86. The average molecular weight is 390 g/mol. The second-order valence-electron chi connectivity index (χ2n) is 7.15. The molecule has 1 amide bonds. The van der Waals surface area contributed by atoms with Crippen LogP contribution in [0, 0.1) is 0 Å². The molecule has 1 fully saturated rings. The highest BCUT2D eigenvalue weighted by Crippen LogP contribution is 2.19. The number of carbonyl (C=O) groups excluding carboxylic acids is 1. The summed E-state index contributed by atoms with van der Waals surface area (Å²) in [5, 5.41) is 17.1. The molecule has 28 heavy (non-hydrogen) atoms. The molecule has 0 aliphatic carbocycles. The van der Waals surface area contributed by atoms with Crippen LogP contribution in [0.25, 0.3) is 0 Å². The van der Waals surface area contributed by atoms with Gasteiger partial charge in [-0.15, -0.1) is 6.58 Å². The largest absolute Gasteiger partial charge is 0.507 e. The van der Waals surface area contributed by atoms with E-state index >= 15 is 0 Å². The second-order valence-corrected chi connectivity index (χ2v) is 7.15. The summed E-state index contributed by atoms with van der Waals surface area (Å²) >= 11 is 0. The Morgan fingerprint density at radius 3 is 2.82 bits per heavy atom. The third-order valence-electron chi connectivity index (χ3n) is 5.03. The molecule has 0 aromatic heterocycles. The van der Waals surface area contributed by atoms with E-state index in [-0.39, 0.29) is 28.8 Å². The molecule has 6 nitrogen and oxygen atoms in total. The summed E-state index contributed by atoms with van der Waals surface area (Å²) in [6.07, 6.45) is 13.2. The Morgan fingerprint density at radius 1 is 1.46 bits per heavy atom. The van der Waals surface area contributed by atoms with Gasteiger partial charge < -0.3 is 26.1 Å².